The maximum atomic E-state index is 13.4. The monoisotopic (exact) mass is 469 g/mol. The molecule has 0 saturated heterocycles. The number of nitrogens with one attached hydrogen (secondary N) is 1. The highest BCUT2D eigenvalue weighted by Crippen LogP contribution is 2.40. The summed E-state index contributed by atoms with van der Waals surface area (Å²) in [5.74, 6) is -0.130. The molecule has 1 aliphatic carbocycles. The van der Waals surface area contributed by atoms with Gasteiger partial charge >= 0.3 is 6.08 Å². The summed E-state index contributed by atoms with van der Waals surface area (Å²) in [5, 5.41) is 19.6. The average Bonchev–Trinajstić information content (AvgIpc) is 3.22. The van der Waals surface area contributed by atoms with Crippen molar-refractivity contribution < 1.29 is 23.1 Å². The number of ether oxygens (including phenoxy) is 2. The lowest BCUT2D eigenvalue weighted by Crippen LogP contribution is -2.39. The number of allylic oxidation sites excluding steroid dienone is 2. The van der Waals surface area contributed by atoms with E-state index in [0.717, 1.165) is 6.07 Å². The second-order valence-corrected chi connectivity index (χ2v) is 8.01. The molecule has 1 aromatic carbocycles. The first-order valence-corrected chi connectivity index (χ1v) is 10.1. The molecule has 0 aliphatic heterocycles. The van der Waals surface area contributed by atoms with E-state index in [1.807, 2.05) is 13.0 Å². The van der Waals surface area contributed by atoms with Gasteiger partial charge in [0.2, 0.25) is 5.89 Å². The Morgan fingerprint density at radius 2 is 2.15 bits per heavy atom. The van der Waals surface area contributed by atoms with Gasteiger partial charge in [0.05, 0.1) is 16.6 Å². The number of nitrogens with zero attached hydrogens (tertiary/aromatic N) is 4. The van der Waals surface area contributed by atoms with Gasteiger partial charge < -0.3 is 19.2 Å². The molecular weight excluding hydrogens is 453 g/mol. The van der Waals surface area contributed by atoms with E-state index in [4.69, 9.17) is 30.8 Å². The molecule has 4 rings (SSSR count). The van der Waals surface area contributed by atoms with Crippen molar-refractivity contribution in [1.82, 2.24) is 20.5 Å². The highest BCUT2D eigenvalue weighted by Gasteiger charge is 2.40. The number of hydrogen-bond donors (Lipinski definition) is 1. The third kappa shape index (κ3) is 4.94. The van der Waals surface area contributed by atoms with Crippen LogP contribution in [0.4, 0.5) is 4.39 Å². The molecule has 1 atom stereocenters. The predicted octanol–water partition coefficient (Wildman–Crippen LogP) is 3.97. The third-order valence-electron chi connectivity index (χ3n) is 4.87. The molecule has 0 radical (unpaired) electrons. The van der Waals surface area contributed by atoms with Crippen molar-refractivity contribution >= 4 is 17.5 Å². The average molecular weight is 470 g/mol. The van der Waals surface area contributed by atoms with E-state index < -0.39 is 17.1 Å². The van der Waals surface area contributed by atoms with Gasteiger partial charge in [-0.1, -0.05) is 16.7 Å². The van der Waals surface area contributed by atoms with E-state index in [1.165, 1.54) is 18.3 Å². The topological polar surface area (TPSA) is 123 Å². The minimum absolute atomic E-state index is 0.0241. The van der Waals surface area contributed by atoms with Crippen LogP contribution in [0.15, 0.2) is 46.7 Å². The molecular formula is C22H17ClFN5O4. The first-order chi connectivity index (χ1) is 15.8. The van der Waals surface area contributed by atoms with Crippen LogP contribution < -0.4 is 14.8 Å². The van der Waals surface area contributed by atoms with E-state index in [9.17, 15) is 9.18 Å². The maximum Gasteiger partial charge on any atom is 0.420 e. The van der Waals surface area contributed by atoms with E-state index in [1.54, 1.807) is 19.1 Å². The minimum atomic E-state index is -0.625. The van der Waals surface area contributed by atoms with Crippen LogP contribution >= 0.6 is 11.6 Å². The molecule has 9 nitrogen and oxygen atoms in total. The van der Waals surface area contributed by atoms with Crippen molar-refractivity contribution in [3.05, 3.63) is 70.2 Å². The zero-order valence-electron chi connectivity index (χ0n) is 17.6. The molecule has 0 bridgehead atoms. The molecule has 1 N–H and O–H groups in total. The zero-order chi connectivity index (χ0) is 23.6. The zero-order valence-corrected chi connectivity index (χ0v) is 18.3. The van der Waals surface area contributed by atoms with Gasteiger partial charge in [-0.3, -0.25) is 4.79 Å². The summed E-state index contributed by atoms with van der Waals surface area (Å²) in [5.41, 5.74) is 1.06. The first-order valence-electron chi connectivity index (χ1n) is 9.74. The Hall–Kier alpha value is -3.97. The van der Waals surface area contributed by atoms with Crippen molar-refractivity contribution in [3.8, 4) is 23.6 Å². The van der Waals surface area contributed by atoms with Gasteiger partial charge in [0.1, 0.15) is 23.3 Å². The Morgan fingerprint density at radius 3 is 2.85 bits per heavy atom. The number of carbonyl (C=O) groups is 1. The molecule has 0 saturated carbocycles. The summed E-state index contributed by atoms with van der Waals surface area (Å²) in [6.07, 6.45) is 3.58. The predicted molar refractivity (Wildman–Crippen MR) is 113 cm³/mol. The lowest BCUT2D eigenvalue weighted by molar-refractivity contribution is -0.122. The number of carbonyl (C=O) groups excluding carboxylic acids is 1. The van der Waals surface area contributed by atoms with Gasteiger partial charge in [0.15, 0.2) is 12.4 Å². The van der Waals surface area contributed by atoms with Crippen LogP contribution in [0.2, 0.25) is 5.02 Å². The van der Waals surface area contributed by atoms with Crippen molar-refractivity contribution in [2.75, 3.05) is 6.61 Å². The first kappa shape index (κ1) is 22.2. The number of pyridine rings is 1. The van der Waals surface area contributed by atoms with Gasteiger partial charge in [0.25, 0.3) is 5.91 Å². The molecule has 3 aromatic rings. The van der Waals surface area contributed by atoms with Crippen molar-refractivity contribution in [2.24, 2.45) is 0 Å². The number of aromatic nitrogens is 3. The number of benzene rings is 1. The van der Waals surface area contributed by atoms with E-state index in [2.05, 4.69) is 20.5 Å². The lowest BCUT2D eigenvalue weighted by Gasteiger charge is -2.33. The summed E-state index contributed by atoms with van der Waals surface area (Å²) in [7, 11) is 0. The number of aryl methyl sites for hydroxylation is 1. The molecule has 1 aliphatic rings. The van der Waals surface area contributed by atoms with Crippen LogP contribution in [0, 0.1) is 24.1 Å². The largest absolute Gasteiger partial charge is 0.484 e. The van der Waals surface area contributed by atoms with Crippen LogP contribution in [0.1, 0.15) is 30.5 Å². The lowest BCUT2D eigenvalue weighted by atomic mass is 9.75. The number of amides is 1. The maximum absolute atomic E-state index is 13.4. The normalized spacial score (nSPS) is 16.9. The third-order valence-corrected chi connectivity index (χ3v) is 5.18. The highest BCUT2D eigenvalue weighted by molar-refractivity contribution is 6.30. The van der Waals surface area contributed by atoms with Gasteiger partial charge in [-0.05, 0) is 43.7 Å². The van der Waals surface area contributed by atoms with Gasteiger partial charge in [0, 0.05) is 18.2 Å². The van der Waals surface area contributed by atoms with Crippen LogP contribution in [-0.4, -0.2) is 27.7 Å². The van der Waals surface area contributed by atoms with Crippen molar-refractivity contribution in [3.63, 3.8) is 0 Å². The molecule has 11 heteroatoms. The Labute approximate surface area is 192 Å². The SMILES string of the molecule is Cc1cc(Oc2nnc(C3(C)C=C(NC(=O)COc4ccc(Cl)c(F)c4)C3)o2)cnc1C#N. The second-order valence-electron chi connectivity index (χ2n) is 7.60. The minimum Gasteiger partial charge on any atom is -0.484 e. The second kappa shape index (κ2) is 8.88. The van der Waals surface area contributed by atoms with Crippen LogP contribution in [0.25, 0.3) is 0 Å². The number of rotatable bonds is 7. The Balaban J connectivity index is 1.32. The molecule has 33 heavy (non-hydrogen) atoms. The summed E-state index contributed by atoms with van der Waals surface area (Å²) in [6.45, 7) is 3.33. The Kier molecular flexibility index (Phi) is 5.98. The molecule has 0 spiro atoms. The Morgan fingerprint density at radius 1 is 1.36 bits per heavy atom. The quantitative estimate of drug-likeness (QED) is 0.551. The Bertz CT molecular complexity index is 1300. The van der Waals surface area contributed by atoms with Gasteiger partial charge in [-0.25, -0.2) is 9.37 Å². The fourth-order valence-corrected chi connectivity index (χ4v) is 3.32. The smallest absolute Gasteiger partial charge is 0.420 e. The van der Waals surface area contributed by atoms with Gasteiger partial charge in [-0.15, -0.1) is 5.10 Å². The summed E-state index contributed by atoms with van der Waals surface area (Å²) in [6, 6.07) is 7.57. The standard InChI is InChI=1S/C22H17ClFN5O4/c1-12-5-15(10-26-18(12)9-25)32-21-29-28-20(33-21)22(2)7-13(8-22)27-19(30)11-31-14-3-4-16(23)17(24)6-14/h3-7,10H,8,11H2,1-2H3,(H,27,30). The van der Waals surface area contributed by atoms with Crippen LogP contribution in [0.5, 0.6) is 17.6 Å². The summed E-state index contributed by atoms with van der Waals surface area (Å²) >= 11 is 5.62. The molecule has 2 aromatic heterocycles. The van der Waals surface area contributed by atoms with Gasteiger partial charge in [-0.2, -0.15) is 5.26 Å². The van der Waals surface area contributed by atoms with Crippen molar-refractivity contribution in [2.45, 2.75) is 25.7 Å². The number of halogens is 2. The van der Waals surface area contributed by atoms with Crippen LogP contribution in [0.3, 0.4) is 0 Å². The van der Waals surface area contributed by atoms with Crippen molar-refractivity contribution in [1.29, 1.82) is 5.26 Å². The number of nitriles is 1. The van der Waals surface area contributed by atoms with E-state index in [-0.39, 0.29) is 23.5 Å². The fraction of sp³-hybridized carbons (Fsp3) is 0.227. The summed E-state index contributed by atoms with van der Waals surface area (Å²) < 4.78 is 29.8. The van der Waals surface area contributed by atoms with E-state index >= 15 is 0 Å². The molecule has 2 heterocycles. The highest BCUT2D eigenvalue weighted by atomic mass is 35.5. The van der Waals surface area contributed by atoms with E-state index in [0.29, 0.717) is 35.0 Å². The number of hydrogen-bond acceptors (Lipinski definition) is 8. The van der Waals surface area contributed by atoms with Crippen LogP contribution in [-0.2, 0) is 10.2 Å². The fourth-order valence-electron chi connectivity index (χ4n) is 3.20. The molecule has 1 amide bonds. The molecule has 168 valence electrons. The summed E-state index contributed by atoms with van der Waals surface area (Å²) in [4.78, 5) is 16.1. The molecule has 1 unspecified atom stereocenters. The molecule has 0 fully saturated rings.